The highest BCUT2D eigenvalue weighted by molar-refractivity contribution is 8.00. The van der Waals surface area contributed by atoms with Crippen molar-refractivity contribution in [1.29, 1.82) is 0 Å². The molecule has 2 aliphatic heterocycles. The first-order valence-electron chi connectivity index (χ1n) is 6.26. The Labute approximate surface area is 109 Å². The fourth-order valence-corrected chi connectivity index (χ4v) is 4.52. The molecule has 2 atom stereocenters. The monoisotopic (exact) mass is 267 g/mol. The molecule has 2 fully saturated rings. The summed E-state index contributed by atoms with van der Waals surface area (Å²) in [6, 6.07) is -0.561. The average Bonchev–Trinajstić information content (AvgIpc) is 2.89. The lowest BCUT2D eigenvalue weighted by Gasteiger charge is -2.50. The number of carbonyl (C=O) groups excluding carboxylic acids is 2. The van der Waals surface area contributed by atoms with Crippen LogP contribution in [0.4, 0.5) is 0 Å². The second-order valence-electron chi connectivity index (χ2n) is 5.08. The predicted octanol–water partition coefficient (Wildman–Crippen LogP) is -0.577. The first-order chi connectivity index (χ1) is 8.61. The van der Waals surface area contributed by atoms with Crippen molar-refractivity contribution in [3.8, 4) is 0 Å². The third-order valence-electron chi connectivity index (χ3n) is 4.08. The minimum atomic E-state index is -1.23. The lowest BCUT2D eigenvalue weighted by molar-refractivity contribution is -0.301. The van der Waals surface area contributed by atoms with Gasteiger partial charge >= 0.3 is 0 Å². The molecule has 6 heteroatoms. The van der Waals surface area contributed by atoms with Crippen molar-refractivity contribution in [2.75, 3.05) is 5.75 Å². The Kier molecular flexibility index (Phi) is 2.86. The summed E-state index contributed by atoms with van der Waals surface area (Å²) in [5.74, 6) is -0.559. The molecule has 0 aromatic heterocycles. The molecular formula is C12H15N2O3S-. The molecule has 5 nitrogen and oxygen atoms in total. The minimum Gasteiger partial charge on any atom is -0.543 e. The van der Waals surface area contributed by atoms with Crippen LogP contribution in [0.3, 0.4) is 0 Å². The Morgan fingerprint density at radius 1 is 1.39 bits per heavy atom. The Hall–Kier alpha value is -1.01. The summed E-state index contributed by atoms with van der Waals surface area (Å²) in [7, 11) is 0. The van der Waals surface area contributed by atoms with Gasteiger partial charge in [-0.05, 0) is 24.3 Å². The summed E-state index contributed by atoms with van der Waals surface area (Å²) >= 11 is 1.57. The van der Waals surface area contributed by atoms with Gasteiger partial charge in [0.15, 0.2) is 0 Å². The van der Waals surface area contributed by atoms with Crippen LogP contribution in [0, 0.1) is 5.92 Å². The normalized spacial score (nSPS) is 32.5. The number of nitrogens with two attached hydrogens (primary N) is 1. The van der Waals surface area contributed by atoms with Crippen molar-refractivity contribution < 1.29 is 14.7 Å². The number of carbonyl (C=O) groups is 2. The van der Waals surface area contributed by atoms with Crippen LogP contribution in [0.15, 0.2) is 11.3 Å². The number of hydrogen-bond donors (Lipinski definition) is 1. The molecule has 0 spiro atoms. The summed E-state index contributed by atoms with van der Waals surface area (Å²) < 4.78 is 0. The van der Waals surface area contributed by atoms with E-state index in [4.69, 9.17) is 5.73 Å². The van der Waals surface area contributed by atoms with E-state index in [0.29, 0.717) is 11.7 Å². The molecule has 0 aromatic carbocycles. The number of nitrogens with zero attached hydrogens (tertiary/aromatic N) is 1. The van der Waals surface area contributed by atoms with Crippen molar-refractivity contribution in [3.63, 3.8) is 0 Å². The maximum atomic E-state index is 11.7. The van der Waals surface area contributed by atoms with E-state index in [1.165, 1.54) is 4.90 Å². The number of carboxylic acid groups (broad SMARTS) is 1. The Morgan fingerprint density at radius 3 is 2.67 bits per heavy atom. The third-order valence-corrected chi connectivity index (χ3v) is 5.40. The quantitative estimate of drug-likeness (QED) is 0.677. The fourth-order valence-electron chi connectivity index (χ4n) is 3.12. The Morgan fingerprint density at radius 2 is 2.06 bits per heavy atom. The lowest BCUT2D eigenvalue weighted by Crippen LogP contribution is -2.69. The van der Waals surface area contributed by atoms with Gasteiger partial charge in [-0.1, -0.05) is 12.8 Å². The highest BCUT2D eigenvalue weighted by Crippen LogP contribution is 2.44. The Balaban J connectivity index is 1.97. The highest BCUT2D eigenvalue weighted by atomic mass is 32.2. The summed E-state index contributed by atoms with van der Waals surface area (Å²) in [6.07, 6.45) is 4.31. The van der Waals surface area contributed by atoms with Crippen LogP contribution in [0.2, 0.25) is 0 Å². The topological polar surface area (TPSA) is 86.5 Å². The van der Waals surface area contributed by atoms with Crippen LogP contribution < -0.4 is 10.8 Å². The summed E-state index contributed by atoms with van der Waals surface area (Å²) in [5.41, 5.74) is 6.68. The molecule has 0 radical (unpaired) electrons. The van der Waals surface area contributed by atoms with Crippen LogP contribution in [-0.4, -0.2) is 33.9 Å². The molecule has 2 N–H and O–H groups in total. The smallest absolute Gasteiger partial charge is 0.248 e. The molecule has 0 aromatic rings. The van der Waals surface area contributed by atoms with Gasteiger partial charge in [-0.25, -0.2) is 0 Å². The van der Waals surface area contributed by atoms with Gasteiger partial charge in [0.05, 0.1) is 11.7 Å². The maximum absolute atomic E-state index is 11.7. The third kappa shape index (κ3) is 1.59. The molecule has 3 aliphatic rings. The largest absolute Gasteiger partial charge is 0.543 e. The summed E-state index contributed by atoms with van der Waals surface area (Å²) in [4.78, 5) is 24.4. The van der Waals surface area contributed by atoms with Gasteiger partial charge in [-0.2, -0.15) is 0 Å². The zero-order valence-electron chi connectivity index (χ0n) is 9.93. The van der Waals surface area contributed by atoms with E-state index < -0.39 is 12.0 Å². The Bertz CT molecular complexity index is 443. The van der Waals surface area contributed by atoms with Gasteiger partial charge in [-0.3, -0.25) is 9.69 Å². The molecule has 98 valence electrons. The number of amides is 1. The number of thioether (sulfide) groups is 1. The molecule has 0 bridgehead atoms. The standard InChI is InChI=1S/C12H16N2O3S/c13-8-10(15)14-9(12(16)17)7(5-18-11(8)14)6-3-1-2-4-6/h6,8,11H,1-5,13H2,(H,16,17)/p-1/t8-,11+/m0/s1. The van der Waals surface area contributed by atoms with E-state index >= 15 is 0 Å². The van der Waals surface area contributed by atoms with E-state index in [1.807, 2.05) is 0 Å². The first kappa shape index (κ1) is 12.0. The van der Waals surface area contributed by atoms with Gasteiger partial charge in [-0.15, -0.1) is 11.8 Å². The molecule has 1 amide bonds. The average molecular weight is 267 g/mol. The molecule has 1 saturated heterocycles. The van der Waals surface area contributed by atoms with Crippen LogP contribution in [0.1, 0.15) is 25.7 Å². The summed E-state index contributed by atoms with van der Waals surface area (Å²) in [5, 5.41) is 11.1. The molecular weight excluding hydrogens is 252 g/mol. The van der Waals surface area contributed by atoms with Crippen LogP contribution in [0.25, 0.3) is 0 Å². The minimum absolute atomic E-state index is 0.109. The molecule has 1 aliphatic carbocycles. The number of β-lactam (4-membered cyclic amide) rings is 1. The van der Waals surface area contributed by atoms with Gasteiger partial charge < -0.3 is 15.6 Å². The van der Waals surface area contributed by atoms with Crippen molar-refractivity contribution in [1.82, 2.24) is 4.90 Å². The zero-order chi connectivity index (χ0) is 12.9. The zero-order valence-corrected chi connectivity index (χ0v) is 10.7. The van der Waals surface area contributed by atoms with Crippen molar-refractivity contribution >= 4 is 23.6 Å². The SMILES string of the molecule is N[C@H]1C(=O)N2C(C(=O)[O-])=C(C3CCCC3)CS[C@H]12. The maximum Gasteiger partial charge on any atom is 0.248 e. The molecule has 1 saturated carbocycles. The van der Waals surface area contributed by atoms with Crippen molar-refractivity contribution in [2.24, 2.45) is 11.7 Å². The van der Waals surface area contributed by atoms with Crippen LogP contribution >= 0.6 is 11.8 Å². The van der Waals surface area contributed by atoms with Crippen LogP contribution in [-0.2, 0) is 9.59 Å². The van der Waals surface area contributed by atoms with Gasteiger partial charge in [0, 0.05) is 5.75 Å². The van der Waals surface area contributed by atoms with E-state index in [2.05, 4.69) is 0 Å². The molecule has 0 unspecified atom stereocenters. The molecule has 3 rings (SSSR count). The predicted molar refractivity (Wildman–Crippen MR) is 65.1 cm³/mol. The van der Waals surface area contributed by atoms with E-state index in [1.54, 1.807) is 11.8 Å². The van der Waals surface area contributed by atoms with Crippen molar-refractivity contribution in [2.45, 2.75) is 37.1 Å². The van der Waals surface area contributed by atoms with E-state index in [-0.39, 0.29) is 17.0 Å². The van der Waals surface area contributed by atoms with E-state index in [0.717, 1.165) is 31.3 Å². The second kappa shape index (κ2) is 4.28. The van der Waals surface area contributed by atoms with E-state index in [9.17, 15) is 14.7 Å². The van der Waals surface area contributed by atoms with Crippen LogP contribution in [0.5, 0.6) is 0 Å². The number of rotatable bonds is 2. The number of aliphatic carboxylic acids is 1. The van der Waals surface area contributed by atoms with Crippen molar-refractivity contribution in [3.05, 3.63) is 11.3 Å². The summed E-state index contributed by atoms with van der Waals surface area (Å²) in [6.45, 7) is 0. The lowest BCUT2D eigenvalue weighted by atomic mass is 9.94. The number of carboxylic acids is 1. The molecule has 18 heavy (non-hydrogen) atoms. The van der Waals surface area contributed by atoms with Gasteiger partial charge in [0.1, 0.15) is 11.4 Å². The number of hydrogen-bond acceptors (Lipinski definition) is 5. The fraction of sp³-hybridized carbons (Fsp3) is 0.667. The van der Waals surface area contributed by atoms with Gasteiger partial charge in [0.2, 0.25) is 5.91 Å². The van der Waals surface area contributed by atoms with Gasteiger partial charge in [0.25, 0.3) is 0 Å². The molecule has 2 heterocycles. The highest BCUT2D eigenvalue weighted by Gasteiger charge is 2.50. The number of fused-ring (bicyclic) bond motifs is 1. The second-order valence-corrected chi connectivity index (χ2v) is 6.18. The first-order valence-corrected chi connectivity index (χ1v) is 7.30.